The summed E-state index contributed by atoms with van der Waals surface area (Å²) in [6.07, 6.45) is 2.29. The van der Waals surface area contributed by atoms with Crippen LogP contribution in [-0.4, -0.2) is 35.5 Å². The first-order valence-corrected chi connectivity index (χ1v) is 15.1. The molecule has 0 unspecified atom stereocenters. The van der Waals surface area contributed by atoms with Crippen molar-refractivity contribution in [1.29, 1.82) is 0 Å². The fourth-order valence-electron chi connectivity index (χ4n) is 3.70. The van der Waals surface area contributed by atoms with Crippen LogP contribution in [0.15, 0.2) is 41.3 Å². The molecular formula is C26H29F2IN6O5S. The van der Waals surface area contributed by atoms with Crippen LogP contribution in [0.25, 0.3) is 0 Å². The molecule has 0 aliphatic heterocycles. The van der Waals surface area contributed by atoms with E-state index in [0.29, 0.717) is 16.4 Å². The van der Waals surface area contributed by atoms with E-state index >= 15 is 4.39 Å². The van der Waals surface area contributed by atoms with Crippen molar-refractivity contribution in [2.45, 2.75) is 51.7 Å². The number of nitrogens with one attached hydrogen (secondary N) is 4. The summed E-state index contributed by atoms with van der Waals surface area (Å²) >= 11 is 1.95. The monoisotopic (exact) mass is 702 g/mol. The Morgan fingerprint density at radius 3 is 2.51 bits per heavy atom. The number of benzene rings is 1. The van der Waals surface area contributed by atoms with Gasteiger partial charge in [-0.15, -0.1) is 0 Å². The van der Waals surface area contributed by atoms with E-state index in [0.717, 1.165) is 4.57 Å². The molecule has 1 amide bonds. The second kappa shape index (κ2) is 12.0. The summed E-state index contributed by atoms with van der Waals surface area (Å²) < 4.78 is 60.8. The third-order valence-electron chi connectivity index (χ3n) is 5.85. The molecule has 11 nitrogen and oxygen atoms in total. The lowest BCUT2D eigenvalue weighted by molar-refractivity contribution is -0.0589. The third-order valence-corrected chi connectivity index (χ3v) is 7.62. The van der Waals surface area contributed by atoms with Crippen LogP contribution >= 0.6 is 22.6 Å². The zero-order valence-electron chi connectivity index (χ0n) is 22.6. The van der Waals surface area contributed by atoms with E-state index in [9.17, 15) is 22.4 Å². The summed E-state index contributed by atoms with van der Waals surface area (Å²) in [7, 11) is -2.67. The van der Waals surface area contributed by atoms with Crippen molar-refractivity contribution < 1.29 is 26.8 Å². The van der Waals surface area contributed by atoms with Crippen molar-refractivity contribution in [2.75, 3.05) is 10.0 Å². The Labute approximate surface area is 249 Å². The van der Waals surface area contributed by atoms with E-state index in [1.54, 1.807) is 26.8 Å². The van der Waals surface area contributed by atoms with Crippen LogP contribution in [0.3, 0.4) is 0 Å². The largest absolute Gasteiger partial charge is 0.339 e. The molecule has 220 valence electrons. The Kier molecular flexibility index (Phi) is 9.01. The van der Waals surface area contributed by atoms with E-state index in [2.05, 4.69) is 25.2 Å². The molecule has 1 aromatic carbocycles. The lowest BCUT2D eigenvalue weighted by Gasteiger charge is -2.21. The first-order chi connectivity index (χ1) is 19.1. The molecule has 3 aromatic rings. The number of rotatable bonds is 10. The number of carbonyl (C=O) groups excluding carboxylic acids is 1. The summed E-state index contributed by atoms with van der Waals surface area (Å²) in [4.78, 5) is 35.8. The Morgan fingerprint density at radius 2 is 1.88 bits per heavy atom. The number of hydrogen-bond acceptors (Lipinski definition) is 7. The average Bonchev–Trinajstić information content (AvgIpc) is 3.68. The molecule has 2 heterocycles. The van der Waals surface area contributed by atoms with Gasteiger partial charge in [0.2, 0.25) is 0 Å². The number of nitrogens with zero attached hydrogens (tertiary/aromatic N) is 2. The van der Waals surface area contributed by atoms with E-state index in [1.165, 1.54) is 37.5 Å². The molecule has 2 aromatic heterocycles. The van der Waals surface area contributed by atoms with Gasteiger partial charge in [0, 0.05) is 34.8 Å². The predicted molar refractivity (Wildman–Crippen MR) is 158 cm³/mol. The molecule has 0 radical (unpaired) electrons. The van der Waals surface area contributed by atoms with Gasteiger partial charge < -0.3 is 5.32 Å². The van der Waals surface area contributed by atoms with Gasteiger partial charge in [0.25, 0.3) is 11.5 Å². The molecule has 0 atom stereocenters. The van der Waals surface area contributed by atoms with E-state index < -0.39 is 44.7 Å². The van der Waals surface area contributed by atoms with Crippen molar-refractivity contribution in [1.82, 2.24) is 19.8 Å². The first-order valence-electron chi connectivity index (χ1n) is 12.5. The van der Waals surface area contributed by atoms with Crippen molar-refractivity contribution in [3.63, 3.8) is 0 Å². The molecule has 1 saturated carbocycles. The molecule has 4 rings (SSSR count). The van der Waals surface area contributed by atoms with Crippen molar-refractivity contribution in [3.05, 3.63) is 78.8 Å². The maximum Gasteiger partial charge on any atom is 0.300 e. The number of halogens is 3. The summed E-state index contributed by atoms with van der Waals surface area (Å²) in [6.45, 7) is 5.16. The van der Waals surface area contributed by atoms with Crippen LogP contribution in [0.5, 0.6) is 0 Å². The minimum absolute atomic E-state index is 0.0112. The molecule has 0 spiro atoms. The molecule has 1 aliphatic carbocycles. The highest BCUT2D eigenvalue weighted by molar-refractivity contribution is 14.1. The van der Waals surface area contributed by atoms with Crippen molar-refractivity contribution in [2.24, 2.45) is 7.05 Å². The van der Waals surface area contributed by atoms with Crippen LogP contribution in [0.4, 0.5) is 26.1 Å². The van der Waals surface area contributed by atoms with Gasteiger partial charge in [-0.3, -0.25) is 23.7 Å². The number of carbonyl (C=O) groups is 1. The molecule has 0 bridgehead atoms. The SMILES string of the molecule is Cn1c(Nc2ccc(I)cc2F)c(C(=O)NOC(C)(C)C)cc(Cc2ccnc(NS(=O)(=O)NC3CC3)c2F)c1=O. The molecule has 15 heteroatoms. The average molecular weight is 703 g/mol. The van der Waals surface area contributed by atoms with Crippen molar-refractivity contribution >= 4 is 56.0 Å². The second-order valence-corrected chi connectivity index (χ2v) is 13.2. The zero-order valence-corrected chi connectivity index (χ0v) is 25.6. The molecule has 1 fully saturated rings. The second-order valence-electron chi connectivity index (χ2n) is 10.5. The number of hydroxylamine groups is 1. The van der Waals surface area contributed by atoms with Gasteiger partial charge in [0.1, 0.15) is 11.6 Å². The van der Waals surface area contributed by atoms with Gasteiger partial charge >= 0.3 is 10.2 Å². The smallest absolute Gasteiger partial charge is 0.300 e. The van der Waals surface area contributed by atoms with Gasteiger partial charge in [-0.2, -0.15) is 13.1 Å². The normalized spacial score (nSPS) is 13.6. The predicted octanol–water partition coefficient (Wildman–Crippen LogP) is 3.87. The van der Waals surface area contributed by atoms with Gasteiger partial charge in [0.05, 0.1) is 16.9 Å². The lowest BCUT2D eigenvalue weighted by Crippen LogP contribution is -2.35. The number of pyridine rings is 2. The van der Waals surface area contributed by atoms with E-state index in [1.807, 2.05) is 22.6 Å². The van der Waals surface area contributed by atoms with E-state index in [4.69, 9.17) is 4.84 Å². The highest BCUT2D eigenvalue weighted by Crippen LogP contribution is 2.26. The maximum absolute atomic E-state index is 15.3. The standard InChI is InChI=1S/C26H29F2IN6O5S/c1-26(2,3)40-32-24(36)18-12-15(25(37)35(4)23(18)31-20-8-5-16(29)13-19(20)27)11-14-9-10-30-22(21(14)28)34-41(38,39)33-17-6-7-17/h5,8-10,12-13,17,31,33H,6-7,11H2,1-4H3,(H,30,34)(H,32,36). The summed E-state index contributed by atoms with van der Waals surface area (Å²) in [5.74, 6) is -2.86. The Morgan fingerprint density at radius 1 is 1.17 bits per heavy atom. The maximum atomic E-state index is 15.3. The van der Waals surface area contributed by atoms with Crippen LogP contribution in [0, 0.1) is 15.2 Å². The Balaban J connectivity index is 1.72. The summed E-state index contributed by atoms with van der Waals surface area (Å²) in [5.41, 5.74) is 0.917. The minimum atomic E-state index is -4.05. The van der Waals surface area contributed by atoms with Gasteiger partial charge in [-0.25, -0.2) is 19.2 Å². The highest BCUT2D eigenvalue weighted by atomic mass is 127. The fourth-order valence-corrected chi connectivity index (χ4v) is 5.28. The Hall–Kier alpha value is -3.15. The number of aromatic nitrogens is 2. The van der Waals surface area contributed by atoms with Gasteiger partial charge in [0.15, 0.2) is 11.6 Å². The van der Waals surface area contributed by atoms with Crippen LogP contribution in [0.1, 0.15) is 55.1 Å². The van der Waals surface area contributed by atoms with E-state index in [-0.39, 0.29) is 40.7 Å². The minimum Gasteiger partial charge on any atom is -0.339 e. The van der Waals surface area contributed by atoms with Crippen LogP contribution in [0.2, 0.25) is 0 Å². The van der Waals surface area contributed by atoms with Crippen LogP contribution in [-0.2, 0) is 28.5 Å². The number of amides is 1. The topological polar surface area (TPSA) is 143 Å². The molecule has 1 aliphatic rings. The summed E-state index contributed by atoms with van der Waals surface area (Å²) in [6, 6.07) is 6.77. The fraction of sp³-hybridized carbons (Fsp3) is 0.346. The molecule has 4 N–H and O–H groups in total. The summed E-state index contributed by atoms with van der Waals surface area (Å²) in [5, 5.41) is 2.81. The first kappa shape index (κ1) is 30.8. The zero-order chi connectivity index (χ0) is 30.1. The number of hydrogen-bond donors (Lipinski definition) is 4. The molecule has 0 saturated heterocycles. The highest BCUT2D eigenvalue weighted by Gasteiger charge is 2.28. The van der Waals surface area contributed by atoms with Crippen molar-refractivity contribution in [3.8, 4) is 0 Å². The lowest BCUT2D eigenvalue weighted by atomic mass is 10.0. The van der Waals surface area contributed by atoms with Crippen LogP contribution < -0.4 is 25.8 Å². The number of anilines is 3. The van der Waals surface area contributed by atoms with Gasteiger partial charge in [-0.05, 0) is 92.1 Å². The molecule has 41 heavy (non-hydrogen) atoms. The third kappa shape index (κ3) is 7.99. The molecular weight excluding hydrogens is 673 g/mol. The van der Waals surface area contributed by atoms with Gasteiger partial charge in [-0.1, -0.05) is 0 Å². The quantitative estimate of drug-likeness (QED) is 0.186. The Bertz CT molecular complexity index is 1660.